The molecule has 0 saturated carbocycles. The molecule has 9 heteroatoms. The molecule has 7 nitrogen and oxygen atoms in total. The maximum absolute atomic E-state index is 11.2. The molecule has 104 valence electrons. The van der Waals surface area contributed by atoms with Gasteiger partial charge < -0.3 is 14.8 Å². The summed E-state index contributed by atoms with van der Waals surface area (Å²) < 4.78 is 33.6. The van der Waals surface area contributed by atoms with E-state index in [-0.39, 0.29) is 40.5 Å². The fraction of sp³-hybridized carbons (Fsp3) is 0. The van der Waals surface area contributed by atoms with Crippen LogP contribution in [0.1, 0.15) is 20.7 Å². The molecule has 0 radical (unpaired) electrons. The second kappa shape index (κ2) is 6.12. The van der Waals surface area contributed by atoms with Crippen LogP contribution in [-0.4, -0.2) is 35.1 Å². The molecule has 2 aromatic rings. The molecule has 2 N–H and O–H groups in total. The van der Waals surface area contributed by atoms with Crippen LogP contribution in [0.5, 0.6) is 0 Å². The van der Waals surface area contributed by atoms with E-state index in [0.717, 1.165) is 18.2 Å². The van der Waals surface area contributed by atoms with E-state index in [1.807, 2.05) is 0 Å². The van der Waals surface area contributed by atoms with E-state index in [0.29, 0.717) is 0 Å². The predicted octanol–water partition coefficient (Wildman–Crippen LogP) is -1.86. The van der Waals surface area contributed by atoms with Crippen molar-refractivity contribution in [2.75, 3.05) is 0 Å². The Morgan fingerprint density at radius 3 is 1.95 bits per heavy atom. The summed E-state index contributed by atoms with van der Waals surface area (Å²) in [6, 6.07) is 5.39. The van der Waals surface area contributed by atoms with Crippen molar-refractivity contribution in [3.05, 3.63) is 41.5 Å². The van der Waals surface area contributed by atoms with Crippen molar-refractivity contribution >= 4 is 32.8 Å². The summed E-state index contributed by atoms with van der Waals surface area (Å²) in [5, 5.41) is 17.6. The number of carbonyl (C=O) groups is 2. The molecule has 21 heavy (non-hydrogen) atoms. The Morgan fingerprint density at radius 2 is 1.48 bits per heavy atom. The number of hydrogen-bond acceptors (Lipinski definition) is 5. The molecule has 0 amide bonds. The first-order chi connectivity index (χ1) is 9.23. The number of carboxylic acids is 2. The van der Waals surface area contributed by atoms with Crippen LogP contribution >= 0.6 is 0 Å². The van der Waals surface area contributed by atoms with Crippen LogP contribution in [0.3, 0.4) is 0 Å². The summed E-state index contributed by atoms with van der Waals surface area (Å²) >= 11 is 0. The SMILES string of the molecule is O=C(O)c1ccc(C(=O)O)c2c(S(=O)(=O)[O-])cccc12.[Na+]. The third-order valence-electron chi connectivity index (χ3n) is 2.73. The molecule has 2 aromatic carbocycles. The standard InChI is InChI=1S/C12H8O7S.Na/c13-11(14)7-4-5-8(12(15)16)10-6(7)2-1-3-9(10)20(17,18)19;/h1-5H,(H,13,14)(H,15,16)(H,17,18,19);/q;+1/p-1. The zero-order valence-electron chi connectivity index (χ0n) is 10.7. The van der Waals surface area contributed by atoms with Gasteiger partial charge in [-0.25, -0.2) is 18.0 Å². The molecule has 0 bridgehead atoms. The van der Waals surface area contributed by atoms with E-state index < -0.39 is 37.9 Å². The van der Waals surface area contributed by atoms with Gasteiger partial charge in [0.05, 0.1) is 16.0 Å². The van der Waals surface area contributed by atoms with Gasteiger partial charge in [-0.1, -0.05) is 12.1 Å². The van der Waals surface area contributed by atoms with Crippen molar-refractivity contribution < 1.29 is 62.3 Å². The maximum atomic E-state index is 11.2. The molecular formula is C12H7NaO7S. The fourth-order valence-electron chi connectivity index (χ4n) is 1.95. The Hall–Kier alpha value is -1.45. The van der Waals surface area contributed by atoms with Crippen LogP contribution in [0.15, 0.2) is 35.2 Å². The van der Waals surface area contributed by atoms with Crippen LogP contribution in [0, 0.1) is 0 Å². The minimum Gasteiger partial charge on any atom is -0.744 e. The minimum atomic E-state index is -4.93. The third kappa shape index (κ3) is 3.25. The number of rotatable bonds is 3. The summed E-state index contributed by atoms with van der Waals surface area (Å²) in [6.07, 6.45) is 0. The van der Waals surface area contributed by atoms with Crippen molar-refractivity contribution in [2.24, 2.45) is 0 Å². The van der Waals surface area contributed by atoms with E-state index in [9.17, 15) is 22.6 Å². The van der Waals surface area contributed by atoms with Gasteiger partial charge in [-0.2, -0.15) is 0 Å². The van der Waals surface area contributed by atoms with E-state index in [4.69, 9.17) is 10.2 Å². The van der Waals surface area contributed by atoms with Crippen LogP contribution in [0.4, 0.5) is 0 Å². The molecule has 0 fully saturated rings. The smallest absolute Gasteiger partial charge is 0.744 e. The first-order valence-corrected chi connectivity index (χ1v) is 6.62. The molecule has 0 aliphatic rings. The van der Waals surface area contributed by atoms with Gasteiger partial charge in [-0.05, 0) is 23.6 Å². The first-order valence-electron chi connectivity index (χ1n) is 5.21. The Kier molecular flexibility index (Phi) is 5.13. The molecule has 2 rings (SSSR count). The molecule has 0 aliphatic carbocycles. The Balaban J connectivity index is 0.00000220. The predicted molar refractivity (Wildman–Crippen MR) is 65.8 cm³/mol. The summed E-state index contributed by atoms with van der Waals surface area (Å²) in [6.45, 7) is 0. The largest absolute Gasteiger partial charge is 1.00 e. The zero-order chi connectivity index (χ0) is 15.1. The second-order valence-electron chi connectivity index (χ2n) is 3.90. The number of benzene rings is 2. The number of carboxylic acid groups (broad SMARTS) is 2. The average molecular weight is 318 g/mol. The molecule has 0 aromatic heterocycles. The van der Waals surface area contributed by atoms with Gasteiger partial charge in [0, 0.05) is 5.39 Å². The van der Waals surface area contributed by atoms with E-state index >= 15 is 0 Å². The summed E-state index contributed by atoms with van der Waals surface area (Å²) in [5.41, 5.74) is -0.726. The Morgan fingerprint density at radius 1 is 0.952 bits per heavy atom. The summed E-state index contributed by atoms with van der Waals surface area (Å²) in [5.74, 6) is -2.81. The number of fused-ring (bicyclic) bond motifs is 1. The summed E-state index contributed by atoms with van der Waals surface area (Å²) in [4.78, 5) is 21.5. The van der Waals surface area contributed by atoms with Crippen molar-refractivity contribution in [3.8, 4) is 0 Å². The third-order valence-corrected chi connectivity index (χ3v) is 3.61. The molecular weight excluding hydrogens is 311 g/mol. The topological polar surface area (TPSA) is 132 Å². The van der Waals surface area contributed by atoms with E-state index in [1.54, 1.807) is 0 Å². The van der Waals surface area contributed by atoms with Gasteiger partial charge in [-0.3, -0.25) is 0 Å². The van der Waals surface area contributed by atoms with E-state index in [1.165, 1.54) is 12.1 Å². The van der Waals surface area contributed by atoms with Crippen LogP contribution in [-0.2, 0) is 10.1 Å². The van der Waals surface area contributed by atoms with Crippen molar-refractivity contribution in [2.45, 2.75) is 4.90 Å². The van der Waals surface area contributed by atoms with Gasteiger partial charge in [-0.15, -0.1) is 0 Å². The van der Waals surface area contributed by atoms with Gasteiger partial charge in [0.15, 0.2) is 0 Å². The van der Waals surface area contributed by atoms with E-state index in [2.05, 4.69) is 0 Å². The Bertz CT molecular complexity index is 842. The molecule has 0 spiro atoms. The van der Waals surface area contributed by atoms with Gasteiger partial charge >= 0.3 is 41.5 Å². The van der Waals surface area contributed by atoms with Gasteiger partial charge in [0.2, 0.25) is 0 Å². The van der Waals surface area contributed by atoms with Crippen LogP contribution < -0.4 is 29.6 Å². The number of aromatic carboxylic acids is 2. The molecule has 0 saturated heterocycles. The van der Waals surface area contributed by atoms with Crippen molar-refractivity contribution in [1.29, 1.82) is 0 Å². The molecule has 0 atom stereocenters. The monoisotopic (exact) mass is 318 g/mol. The second-order valence-corrected chi connectivity index (χ2v) is 5.25. The molecule has 0 heterocycles. The Labute approximate surface area is 141 Å². The first kappa shape index (κ1) is 17.6. The molecule has 0 aliphatic heterocycles. The van der Waals surface area contributed by atoms with Crippen molar-refractivity contribution in [1.82, 2.24) is 0 Å². The van der Waals surface area contributed by atoms with Crippen LogP contribution in [0.25, 0.3) is 10.8 Å². The summed E-state index contributed by atoms with van der Waals surface area (Å²) in [7, 11) is -4.93. The number of hydrogen-bond donors (Lipinski definition) is 2. The normalized spacial score (nSPS) is 10.9. The average Bonchev–Trinajstić information content (AvgIpc) is 2.34. The zero-order valence-corrected chi connectivity index (χ0v) is 13.5. The van der Waals surface area contributed by atoms with Gasteiger partial charge in [0.1, 0.15) is 10.1 Å². The molecule has 0 unspecified atom stereocenters. The quantitative estimate of drug-likeness (QED) is 0.501. The maximum Gasteiger partial charge on any atom is 1.00 e. The van der Waals surface area contributed by atoms with Crippen molar-refractivity contribution in [3.63, 3.8) is 0 Å². The van der Waals surface area contributed by atoms with Crippen LogP contribution in [0.2, 0.25) is 0 Å². The fourth-order valence-corrected chi connectivity index (χ4v) is 2.66. The minimum absolute atomic E-state index is 0. The van der Waals surface area contributed by atoms with Gasteiger partial charge in [0.25, 0.3) is 0 Å².